The first-order valence-corrected chi connectivity index (χ1v) is 28.0. The van der Waals surface area contributed by atoms with Gasteiger partial charge in [-0.3, -0.25) is 25.2 Å². The molecule has 436 valence electrons. The van der Waals surface area contributed by atoms with Crippen LogP contribution in [-0.4, -0.2) is 137 Å². The number of urea groups is 2. The summed E-state index contributed by atoms with van der Waals surface area (Å²) in [7, 11) is 0. The molecule has 6 aliphatic rings. The third-order valence-electron chi connectivity index (χ3n) is 15.0. The minimum Gasteiger partial charge on any atom is -0.491 e. The molecule has 0 spiro atoms. The normalized spacial score (nSPS) is 21.0. The van der Waals surface area contributed by atoms with Gasteiger partial charge in [-0.25, -0.2) is 34.3 Å². The second kappa shape index (κ2) is 25.1. The van der Waals surface area contributed by atoms with Gasteiger partial charge in [0.15, 0.2) is 34.7 Å². The van der Waals surface area contributed by atoms with Gasteiger partial charge in [-0.2, -0.15) is 0 Å². The smallest absolute Gasteiger partial charge is 0.354 e. The van der Waals surface area contributed by atoms with Crippen molar-refractivity contribution in [2.24, 2.45) is 5.73 Å². The number of carbonyl (C=O) groups is 4. The standard InChI is InChI=1S/C31H35N5O5.C22H25N5O6.C8H11N/c1-20(21-7-5-4-6-8-21)15-27(37)25-9-10-26-29(33-25)36(22-12-14-35(26)17-22)30(38)34-28-16-23(11-13-32-28)39-18-24-19-40-31(2,3)41-24;1-22(2)32-12-15(33-22)11-31-14-5-7-23-18(9-14)25-21(30)27-13-6-8-26(10-13)17-4-3-16(20(28)29)24-19(17)27;1-7(9)8-5-3-2-4-6-8/h4-11,13,16,20,22,24H,12,14-15,17-19H2,1-3H3,(H,32,34,38);3-5,7,9,13,15H,6,8,10-12H2,1-2H3,(H,28,29)(H,23,25,30);2-7H,9H2,1H3/t20-,22+,24+;13-,15-;7-/m100/s1. The molecule has 5 N–H and O–H groups in total. The number of carbonyl (C=O) groups excluding carboxylic acids is 3. The van der Waals surface area contributed by atoms with Crippen LogP contribution in [0.15, 0.2) is 122 Å². The van der Waals surface area contributed by atoms with E-state index in [1.165, 1.54) is 16.5 Å². The van der Waals surface area contributed by atoms with Gasteiger partial charge >= 0.3 is 18.0 Å². The van der Waals surface area contributed by atoms with E-state index in [2.05, 4.69) is 35.4 Å². The summed E-state index contributed by atoms with van der Waals surface area (Å²) >= 11 is 0. The van der Waals surface area contributed by atoms with E-state index in [0.717, 1.165) is 49.4 Å². The molecule has 0 aliphatic carbocycles. The monoisotopic (exact) mass is 1130 g/mol. The summed E-state index contributed by atoms with van der Waals surface area (Å²) < 4.78 is 34.4. The Labute approximate surface area is 482 Å². The molecule has 6 aromatic rings. The first-order valence-electron chi connectivity index (χ1n) is 28.0. The Morgan fingerprint density at radius 1 is 0.651 bits per heavy atom. The average Bonchev–Trinajstić information content (AvgIpc) is 2.74. The number of fused-ring (bicyclic) bond motifs is 8. The number of nitrogens with two attached hydrogens (primary N) is 1. The van der Waals surface area contributed by atoms with Gasteiger partial charge in [-0.15, -0.1) is 0 Å². The van der Waals surface area contributed by atoms with Crippen LogP contribution in [0.4, 0.5) is 44.2 Å². The highest BCUT2D eigenvalue weighted by atomic mass is 16.8. The van der Waals surface area contributed by atoms with Gasteiger partial charge in [-0.1, -0.05) is 67.6 Å². The predicted molar refractivity (Wildman–Crippen MR) is 312 cm³/mol. The second-order valence-electron chi connectivity index (χ2n) is 22.2. The minimum atomic E-state index is -1.14. The molecular formula is C61H71N11O11. The number of Topliss-reactive ketones (excluding diaryl/α,β-unsaturated/α-hetero) is 1. The third kappa shape index (κ3) is 14.1. The van der Waals surface area contributed by atoms with Crippen molar-refractivity contribution in [2.75, 3.05) is 82.8 Å². The van der Waals surface area contributed by atoms with Gasteiger partial charge in [0.2, 0.25) is 0 Å². The van der Waals surface area contributed by atoms with E-state index in [0.29, 0.717) is 79.9 Å². The van der Waals surface area contributed by atoms with Crippen molar-refractivity contribution in [3.8, 4) is 11.5 Å². The average molecular weight is 1130 g/mol. The van der Waals surface area contributed by atoms with Gasteiger partial charge in [0.25, 0.3) is 0 Å². The lowest BCUT2D eigenvalue weighted by atomic mass is 9.94. The Morgan fingerprint density at radius 2 is 1.11 bits per heavy atom. The number of hydrogen-bond donors (Lipinski definition) is 4. The van der Waals surface area contributed by atoms with Crippen molar-refractivity contribution in [3.63, 3.8) is 0 Å². The molecule has 6 atom stereocenters. The van der Waals surface area contributed by atoms with Crippen molar-refractivity contribution in [1.82, 2.24) is 19.9 Å². The number of amides is 4. The van der Waals surface area contributed by atoms with Crippen molar-refractivity contribution >= 4 is 58.5 Å². The van der Waals surface area contributed by atoms with Crippen LogP contribution in [0.1, 0.15) is 105 Å². The maximum absolute atomic E-state index is 13.7. The predicted octanol–water partition coefficient (Wildman–Crippen LogP) is 9.06. The van der Waals surface area contributed by atoms with Crippen LogP contribution in [0.5, 0.6) is 11.5 Å². The quantitative estimate of drug-likeness (QED) is 0.0741. The van der Waals surface area contributed by atoms with E-state index < -0.39 is 23.6 Å². The fraction of sp³-hybridized carbons (Fsp3) is 0.410. The SMILES string of the molecule is CC1(C)OC[C@H](COc2ccnc(NC(=O)N3c4nc(C(=O)O)ccc4N4CC[C@H]3C4)c2)O1.C[C@H](CC(=O)c1ccc2c(n1)N(C(=O)Nc1cc(OC[C@H]3COC(C)(C)O3)ccn1)[C@H]1CCN2C1)c1ccccc1.C[C@H](N)c1ccccc1. The number of hydrogen-bond acceptors (Lipinski definition) is 17. The van der Waals surface area contributed by atoms with Gasteiger partial charge in [0.05, 0.1) is 36.7 Å². The van der Waals surface area contributed by atoms with E-state index >= 15 is 0 Å². The number of aromatic carboxylic acids is 1. The summed E-state index contributed by atoms with van der Waals surface area (Å²) in [6.07, 6.45) is 4.69. The lowest BCUT2D eigenvalue weighted by Gasteiger charge is -2.35. The van der Waals surface area contributed by atoms with Crippen LogP contribution >= 0.6 is 0 Å². The maximum atomic E-state index is 13.7. The van der Waals surface area contributed by atoms with Crippen LogP contribution in [0.25, 0.3) is 0 Å². The molecular weight excluding hydrogens is 1060 g/mol. The van der Waals surface area contributed by atoms with Gasteiger partial charge < -0.3 is 49.1 Å². The first kappa shape index (κ1) is 57.9. The molecule has 4 saturated heterocycles. The Kier molecular flexibility index (Phi) is 17.5. The number of ketones is 1. The molecule has 22 nitrogen and oxygen atoms in total. The number of aromatic nitrogens is 4. The molecule has 0 saturated carbocycles. The lowest BCUT2D eigenvalue weighted by Crippen LogP contribution is -2.48. The zero-order chi connectivity index (χ0) is 58.4. The number of carboxylic acid groups (broad SMARTS) is 1. The number of ether oxygens (including phenoxy) is 6. The fourth-order valence-electron chi connectivity index (χ4n) is 10.8. The number of carboxylic acids is 1. The number of anilines is 6. The minimum absolute atomic E-state index is 0.0501. The Morgan fingerprint density at radius 3 is 1.54 bits per heavy atom. The largest absolute Gasteiger partial charge is 0.491 e. The van der Waals surface area contributed by atoms with Gasteiger partial charge in [0.1, 0.15) is 54.3 Å². The van der Waals surface area contributed by atoms with Crippen LogP contribution in [0.2, 0.25) is 0 Å². The van der Waals surface area contributed by atoms with Crippen molar-refractivity contribution < 1.29 is 52.7 Å². The molecule has 12 rings (SSSR count). The van der Waals surface area contributed by atoms with Crippen molar-refractivity contribution in [1.29, 1.82) is 0 Å². The van der Waals surface area contributed by atoms with Crippen LogP contribution < -0.4 is 45.4 Å². The number of nitrogens with one attached hydrogen (secondary N) is 2. The molecule has 4 fully saturated rings. The summed E-state index contributed by atoms with van der Waals surface area (Å²) in [4.78, 5) is 76.7. The Hall–Kier alpha value is -8.28. The van der Waals surface area contributed by atoms with E-state index in [9.17, 15) is 24.3 Å². The van der Waals surface area contributed by atoms with Crippen molar-refractivity contribution in [3.05, 3.63) is 144 Å². The molecule has 0 radical (unpaired) electrons. The highest BCUT2D eigenvalue weighted by Crippen LogP contribution is 2.41. The molecule has 2 aromatic carbocycles. The molecule has 4 aromatic heterocycles. The number of nitrogens with zero attached hydrogens (tertiary/aromatic N) is 8. The van der Waals surface area contributed by atoms with Gasteiger partial charge in [0, 0.05) is 63.2 Å². The highest BCUT2D eigenvalue weighted by Gasteiger charge is 2.43. The Bertz CT molecular complexity index is 3280. The Balaban J connectivity index is 0.000000164. The molecule has 0 unspecified atom stereocenters. The topological polar surface area (TPSA) is 258 Å². The van der Waals surface area contributed by atoms with Crippen LogP contribution in [0, 0.1) is 0 Å². The summed E-state index contributed by atoms with van der Waals surface area (Å²) in [6, 6.07) is 32.9. The van der Waals surface area contributed by atoms with Crippen LogP contribution in [-0.2, 0) is 18.9 Å². The zero-order valence-electron chi connectivity index (χ0n) is 47.5. The molecule has 22 heteroatoms. The highest BCUT2D eigenvalue weighted by molar-refractivity contribution is 6.06. The number of rotatable bonds is 14. The third-order valence-corrected chi connectivity index (χ3v) is 15.0. The first-order chi connectivity index (χ1) is 39.8. The summed E-state index contributed by atoms with van der Waals surface area (Å²) in [6.45, 7) is 16.0. The number of benzene rings is 2. The maximum Gasteiger partial charge on any atom is 0.354 e. The van der Waals surface area contributed by atoms with E-state index in [-0.39, 0.29) is 53.8 Å². The molecule has 83 heavy (non-hydrogen) atoms. The van der Waals surface area contributed by atoms with Gasteiger partial charge in [-0.05, 0) is 101 Å². The van der Waals surface area contributed by atoms with E-state index in [1.54, 1.807) is 53.7 Å². The molecule has 4 bridgehead atoms. The van der Waals surface area contributed by atoms with Crippen molar-refractivity contribution in [2.45, 2.75) is 109 Å². The molecule has 6 aliphatic heterocycles. The summed E-state index contributed by atoms with van der Waals surface area (Å²) in [5.74, 6) is 0.240. The molecule has 10 heterocycles. The summed E-state index contributed by atoms with van der Waals surface area (Å²) in [5.41, 5.74) is 9.77. The second-order valence-corrected chi connectivity index (χ2v) is 22.2. The van der Waals surface area contributed by atoms with E-state index in [4.69, 9.17) is 39.1 Å². The number of pyridine rings is 4. The summed E-state index contributed by atoms with van der Waals surface area (Å²) in [5, 5.41) is 15.1. The lowest BCUT2D eigenvalue weighted by molar-refractivity contribution is -0.141. The zero-order valence-corrected chi connectivity index (χ0v) is 47.5. The fourth-order valence-corrected chi connectivity index (χ4v) is 10.8. The van der Waals surface area contributed by atoms with Crippen LogP contribution in [0.3, 0.4) is 0 Å². The molecule has 4 amide bonds. The van der Waals surface area contributed by atoms with E-state index in [1.807, 2.05) is 108 Å².